The summed E-state index contributed by atoms with van der Waals surface area (Å²) in [5, 5.41) is 8.95. The molecule has 2 aromatic heterocycles. The minimum atomic E-state index is 0.946. The van der Waals surface area contributed by atoms with Crippen molar-refractivity contribution in [2.24, 2.45) is 0 Å². The third-order valence-electron chi connectivity index (χ3n) is 2.09. The Kier molecular flexibility index (Phi) is 1.14. The summed E-state index contributed by atoms with van der Waals surface area (Å²) in [6.45, 7) is 0. The van der Waals surface area contributed by atoms with Gasteiger partial charge in [-0.15, -0.1) is 0 Å². The summed E-state index contributed by atoms with van der Waals surface area (Å²) >= 11 is 0. The van der Waals surface area contributed by atoms with Gasteiger partial charge in [-0.2, -0.15) is 5.10 Å². The van der Waals surface area contributed by atoms with Crippen LogP contribution in [0.5, 0.6) is 0 Å². The van der Waals surface area contributed by atoms with Gasteiger partial charge >= 0.3 is 0 Å². The van der Waals surface area contributed by atoms with Gasteiger partial charge in [-0.05, 0) is 12.1 Å². The Balaban J connectivity index is 2.65. The molecule has 1 aromatic carbocycles. The van der Waals surface area contributed by atoms with Crippen molar-refractivity contribution in [3.63, 3.8) is 0 Å². The van der Waals surface area contributed by atoms with Crippen molar-refractivity contribution >= 4 is 21.8 Å². The molecular formula is C9H6N4. The van der Waals surface area contributed by atoms with E-state index in [-0.39, 0.29) is 0 Å². The summed E-state index contributed by atoms with van der Waals surface area (Å²) in [6, 6.07) is 3.96. The molecule has 0 bridgehead atoms. The molecule has 4 heteroatoms. The number of hydrogen-bond acceptors (Lipinski definition) is 3. The first kappa shape index (κ1) is 6.54. The molecule has 4 nitrogen and oxygen atoms in total. The molecule has 0 fully saturated rings. The fraction of sp³-hybridized carbons (Fsp3) is 0. The van der Waals surface area contributed by atoms with E-state index < -0.39 is 0 Å². The quantitative estimate of drug-likeness (QED) is 0.556. The number of rotatable bonds is 0. The van der Waals surface area contributed by atoms with Gasteiger partial charge in [0.15, 0.2) is 0 Å². The van der Waals surface area contributed by atoms with Gasteiger partial charge < -0.3 is 0 Å². The summed E-state index contributed by atoms with van der Waals surface area (Å²) in [7, 11) is 0. The van der Waals surface area contributed by atoms with Crippen LogP contribution in [-0.2, 0) is 0 Å². The molecule has 0 radical (unpaired) electrons. The highest BCUT2D eigenvalue weighted by Gasteiger charge is 2.01. The standard InChI is InChI=1S/C9H6N4/c1-2-8-7(4-12-13-8)9-6(1)3-10-5-11-9/h1-5H,(H,12,13). The van der Waals surface area contributed by atoms with E-state index in [1.54, 1.807) is 18.7 Å². The highest BCUT2D eigenvalue weighted by molar-refractivity contribution is 6.02. The second-order valence-electron chi connectivity index (χ2n) is 2.86. The second-order valence-corrected chi connectivity index (χ2v) is 2.86. The predicted molar refractivity (Wildman–Crippen MR) is 49.2 cm³/mol. The summed E-state index contributed by atoms with van der Waals surface area (Å²) in [6.07, 6.45) is 5.13. The Morgan fingerprint density at radius 1 is 1.15 bits per heavy atom. The lowest BCUT2D eigenvalue weighted by molar-refractivity contribution is 1.12. The van der Waals surface area contributed by atoms with Crippen LogP contribution in [0.2, 0.25) is 0 Å². The molecule has 0 aliphatic carbocycles. The minimum Gasteiger partial charge on any atom is -0.278 e. The topological polar surface area (TPSA) is 54.5 Å². The SMILES string of the molecule is c1ncc2ccc3[nH]ncc3c2n1. The molecule has 0 unspecified atom stereocenters. The number of benzene rings is 1. The Hall–Kier alpha value is -1.97. The Morgan fingerprint density at radius 3 is 3.15 bits per heavy atom. The lowest BCUT2D eigenvalue weighted by Gasteiger charge is -1.95. The average Bonchev–Trinajstić information content (AvgIpc) is 2.65. The average molecular weight is 170 g/mol. The molecule has 0 saturated carbocycles. The summed E-state index contributed by atoms with van der Waals surface area (Å²) in [5.41, 5.74) is 1.95. The number of aromatic amines is 1. The van der Waals surface area contributed by atoms with Crippen molar-refractivity contribution < 1.29 is 0 Å². The zero-order chi connectivity index (χ0) is 8.67. The van der Waals surface area contributed by atoms with Crippen LogP contribution in [0.25, 0.3) is 21.8 Å². The molecule has 0 amide bonds. The van der Waals surface area contributed by atoms with Crippen LogP contribution in [-0.4, -0.2) is 20.2 Å². The fourth-order valence-electron chi connectivity index (χ4n) is 1.47. The first-order valence-corrected chi connectivity index (χ1v) is 3.97. The Labute approximate surface area is 73.6 Å². The molecule has 0 spiro atoms. The third-order valence-corrected chi connectivity index (χ3v) is 2.09. The lowest BCUT2D eigenvalue weighted by Crippen LogP contribution is -1.80. The maximum Gasteiger partial charge on any atom is 0.116 e. The monoisotopic (exact) mass is 170 g/mol. The van der Waals surface area contributed by atoms with Gasteiger partial charge in [0, 0.05) is 17.0 Å². The number of aromatic nitrogens is 4. The maximum absolute atomic E-state index is 4.21. The van der Waals surface area contributed by atoms with Gasteiger partial charge in [0.05, 0.1) is 17.2 Å². The van der Waals surface area contributed by atoms with Gasteiger partial charge in [-0.1, -0.05) is 0 Å². The predicted octanol–water partition coefficient (Wildman–Crippen LogP) is 1.51. The molecule has 3 rings (SSSR count). The van der Waals surface area contributed by atoms with E-state index in [9.17, 15) is 0 Å². The summed E-state index contributed by atoms with van der Waals surface area (Å²) in [4.78, 5) is 8.17. The highest BCUT2D eigenvalue weighted by atomic mass is 15.1. The Bertz CT molecular complexity index is 570. The van der Waals surface area contributed by atoms with E-state index in [4.69, 9.17) is 0 Å². The fourth-order valence-corrected chi connectivity index (χ4v) is 1.47. The van der Waals surface area contributed by atoms with Crippen LogP contribution >= 0.6 is 0 Å². The van der Waals surface area contributed by atoms with Gasteiger partial charge in [0.1, 0.15) is 6.33 Å². The molecule has 2 heterocycles. The van der Waals surface area contributed by atoms with Crippen LogP contribution in [0.3, 0.4) is 0 Å². The van der Waals surface area contributed by atoms with E-state index in [1.807, 2.05) is 12.1 Å². The summed E-state index contributed by atoms with van der Waals surface area (Å²) < 4.78 is 0. The van der Waals surface area contributed by atoms with Crippen molar-refractivity contribution in [3.8, 4) is 0 Å². The van der Waals surface area contributed by atoms with Gasteiger partial charge in [0.25, 0.3) is 0 Å². The zero-order valence-corrected chi connectivity index (χ0v) is 6.73. The van der Waals surface area contributed by atoms with Crippen molar-refractivity contribution in [3.05, 3.63) is 30.9 Å². The van der Waals surface area contributed by atoms with E-state index in [0.717, 1.165) is 21.8 Å². The van der Waals surface area contributed by atoms with Crippen LogP contribution in [0.15, 0.2) is 30.9 Å². The normalized spacial score (nSPS) is 11.1. The molecule has 0 aliphatic heterocycles. The van der Waals surface area contributed by atoms with Crippen LogP contribution in [0.4, 0.5) is 0 Å². The highest BCUT2D eigenvalue weighted by Crippen LogP contribution is 2.19. The molecule has 62 valence electrons. The van der Waals surface area contributed by atoms with Gasteiger partial charge in [0.2, 0.25) is 0 Å². The molecule has 0 aliphatic rings. The summed E-state index contributed by atoms with van der Waals surface area (Å²) in [5.74, 6) is 0. The molecule has 13 heavy (non-hydrogen) atoms. The molecule has 3 aromatic rings. The van der Waals surface area contributed by atoms with Crippen LogP contribution < -0.4 is 0 Å². The van der Waals surface area contributed by atoms with Crippen molar-refractivity contribution in [1.29, 1.82) is 0 Å². The first-order chi connectivity index (χ1) is 6.45. The van der Waals surface area contributed by atoms with E-state index in [0.29, 0.717) is 0 Å². The van der Waals surface area contributed by atoms with Gasteiger partial charge in [-0.25, -0.2) is 9.97 Å². The molecule has 0 saturated heterocycles. The largest absolute Gasteiger partial charge is 0.278 e. The van der Waals surface area contributed by atoms with Crippen molar-refractivity contribution in [2.45, 2.75) is 0 Å². The minimum absolute atomic E-state index is 0.946. The second kappa shape index (κ2) is 2.26. The first-order valence-electron chi connectivity index (χ1n) is 3.97. The van der Waals surface area contributed by atoms with Crippen molar-refractivity contribution in [2.75, 3.05) is 0 Å². The van der Waals surface area contributed by atoms with Gasteiger partial charge in [-0.3, -0.25) is 5.10 Å². The lowest BCUT2D eigenvalue weighted by atomic mass is 10.2. The number of nitrogens with one attached hydrogen (secondary N) is 1. The Morgan fingerprint density at radius 2 is 2.15 bits per heavy atom. The van der Waals surface area contributed by atoms with Crippen LogP contribution in [0, 0.1) is 0 Å². The zero-order valence-electron chi connectivity index (χ0n) is 6.73. The van der Waals surface area contributed by atoms with Crippen molar-refractivity contribution in [1.82, 2.24) is 20.2 Å². The smallest absolute Gasteiger partial charge is 0.116 e. The van der Waals surface area contributed by atoms with E-state index in [2.05, 4.69) is 20.2 Å². The maximum atomic E-state index is 4.21. The molecular weight excluding hydrogens is 164 g/mol. The van der Waals surface area contributed by atoms with E-state index in [1.165, 1.54) is 0 Å². The molecule has 1 N–H and O–H groups in total. The molecule has 0 atom stereocenters. The number of hydrogen-bond donors (Lipinski definition) is 1. The third kappa shape index (κ3) is 0.823. The number of nitrogens with zero attached hydrogens (tertiary/aromatic N) is 3. The number of H-pyrrole nitrogens is 1. The number of fused-ring (bicyclic) bond motifs is 3. The van der Waals surface area contributed by atoms with E-state index >= 15 is 0 Å². The van der Waals surface area contributed by atoms with Crippen LogP contribution in [0.1, 0.15) is 0 Å².